The number of hydrogen-bond acceptors (Lipinski definition) is 4. The maximum atomic E-state index is 14.6. The van der Waals surface area contributed by atoms with Gasteiger partial charge in [0.1, 0.15) is 40.2 Å². The highest BCUT2D eigenvalue weighted by molar-refractivity contribution is 5.78. The number of ether oxygens (including phenoxy) is 3. The molecule has 32 heavy (non-hydrogen) atoms. The molecule has 0 spiro atoms. The minimum absolute atomic E-state index is 0.0518. The Hall–Kier alpha value is -3.63. The van der Waals surface area contributed by atoms with Crippen LogP contribution in [0, 0.1) is 29.1 Å². The van der Waals surface area contributed by atoms with Crippen LogP contribution in [-0.4, -0.2) is 19.3 Å². The summed E-state index contributed by atoms with van der Waals surface area (Å²) in [5.74, 6) is -10.8. The number of phenolic OH excluding ortho intramolecular Hbond substituents is 1. The van der Waals surface area contributed by atoms with E-state index in [9.17, 15) is 35.8 Å². The molecule has 0 aromatic heterocycles. The van der Waals surface area contributed by atoms with Gasteiger partial charge in [0.25, 0.3) is 0 Å². The highest BCUT2D eigenvalue weighted by Crippen LogP contribution is 2.44. The molecule has 0 aliphatic heterocycles. The average molecular weight is 462 g/mol. The summed E-state index contributed by atoms with van der Waals surface area (Å²) in [6.45, 7) is 0. The van der Waals surface area contributed by atoms with Crippen molar-refractivity contribution in [3.8, 4) is 34.1 Å². The minimum Gasteiger partial charge on any atom is -0.508 e. The number of aromatic hydroxyl groups is 1. The maximum absolute atomic E-state index is 14.6. The lowest BCUT2D eigenvalue weighted by atomic mass is 10.00. The predicted molar refractivity (Wildman–Crippen MR) is 97.4 cm³/mol. The lowest BCUT2D eigenvalue weighted by Crippen LogP contribution is -2.25. The third-order valence-electron chi connectivity index (χ3n) is 4.32. The zero-order chi connectivity index (χ0) is 23.8. The van der Waals surface area contributed by atoms with Gasteiger partial charge in [-0.3, -0.25) is 0 Å². The van der Waals surface area contributed by atoms with Gasteiger partial charge in [-0.15, -0.1) is 0 Å². The minimum atomic E-state index is -4.73. The van der Waals surface area contributed by atoms with Gasteiger partial charge in [0.05, 0.1) is 19.8 Å². The summed E-state index contributed by atoms with van der Waals surface area (Å²) in [6.07, 6.45) is -4.73. The number of phenols is 1. The monoisotopic (exact) mass is 462 g/mol. The van der Waals surface area contributed by atoms with E-state index in [0.717, 1.165) is 12.1 Å². The van der Waals surface area contributed by atoms with Crippen molar-refractivity contribution in [1.29, 1.82) is 0 Å². The SMILES string of the molecule is COc1cc(O)cc(OC)c1-c1cc(F)c(C(F)(F)Oc2cc(F)c(F)c(F)c2)c(F)c1. The van der Waals surface area contributed by atoms with Crippen molar-refractivity contribution in [2.24, 2.45) is 0 Å². The van der Waals surface area contributed by atoms with E-state index in [2.05, 4.69) is 4.74 Å². The zero-order valence-corrected chi connectivity index (χ0v) is 16.3. The number of benzene rings is 3. The molecule has 0 fully saturated rings. The number of rotatable bonds is 6. The fourth-order valence-corrected chi connectivity index (χ4v) is 2.97. The second kappa shape index (κ2) is 8.48. The molecule has 0 aliphatic carbocycles. The normalized spacial score (nSPS) is 11.4. The van der Waals surface area contributed by atoms with Crippen LogP contribution in [0.4, 0.5) is 30.7 Å². The van der Waals surface area contributed by atoms with Gasteiger partial charge in [0.2, 0.25) is 0 Å². The molecule has 0 atom stereocenters. The Morgan fingerprint density at radius 1 is 0.719 bits per heavy atom. The molecule has 0 heterocycles. The molecule has 0 aliphatic rings. The van der Waals surface area contributed by atoms with E-state index in [1.807, 2.05) is 0 Å². The van der Waals surface area contributed by atoms with Gasteiger partial charge in [-0.2, -0.15) is 8.78 Å². The number of halogens is 7. The van der Waals surface area contributed by atoms with Crippen molar-refractivity contribution in [2.75, 3.05) is 14.2 Å². The van der Waals surface area contributed by atoms with Gasteiger partial charge in [-0.1, -0.05) is 0 Å². The van der Waals surface area contributed by atoms with Crippen LogP contribution in [0.5, 0.6) is 23.0 Å². The first-order valence-corrected chi connectivity index (χ1v) is 8.64. The third-order valence-corrected chi connectivity index (χ3v) is 4.32. The largest absolute Gasteiger partial charge is 0.508 e. The smallest absolute Gasteiger partial charge is 0.432 e. The second-order valence-electron chi connectivity index (χ2n) is 6.36. The summed E-state index contributed by atoms with van der Waals surface area (Å²) in [5.41, 5.74) is -2.20. The topological polar surface area (TPSA) is 47.9 Å². The Labute approximate surface area is 176 Å². The van der Waals surface area contributed by atoms with Crippen molar-refractivity contribution in [1.82, 2.24) is 0 Å². The van der Waals surface area contributed by atoms with Gasteiger partial charge in [0, 0.05) is 24.3 Å². The summed E-state index contributed by atoms with van der Waals surface area (Å²) in [4.78, 5) is 0. The van der Waals surface area contributed by atoms with E-state index in [1.54, 1.807) is 0 Å². The molecule has 0 bridgehead atoms. The standard InChI is InChI=1S/C21H13F7O4/c1-30-16-5-10(29)6-17(31-2)18(16)9-3-12(22)19(13(23)4-9)21(27,28)32-11-7-14(24)20(26)15(25)8-11/h3-8,29H,1-2H3. The van der Waals surface area contributed by atoms with Crippen molar-refractivity contribution in [3.05, 3.63) is 71.0 Å². The zero-order valence-electron chi connectivity index (χ0n) is 16.3. The summed E-state index contributed by atoms with van der Waals surface area (Å²) >= 11 is 0. The number of alkyl halides is 2. The summed E-state index contributed by atoms with van der Waals surface area (Å²) in [7, 11) is 2.39. The number of hydrogen-bond donors (Lipinski definition) is 1. The number of methoxy groups -OCH3 is 2. The maximum Gasteiger partial charge on any atom is 0.432 e. The third kappa shape index (κ3) is 4.23. The quantitative estimate of drug-likeness (QED) is 0.366. The summed E-state index contributed by atoms with van der Waals surface area (Å²) in [5, 5.41) is 9.68. The lowest BCUT2D eigenvalue weighted by Gasteiger charge is -2.21. The Balaban J connectivity index is 2.09. The van der Waals surface area contributed by atoms with Crippen LogP contribution in [0.1, 0.15) is 5.56 Å². The molecule has 170 valence electrons. The van der Waals surface area contributed by atoms with Gasteiger partial charge >= 0.3 is 6.11 Å². The second-order valence-corrected chi connectivity index (χ2v) is 6.36. The average Bonchev–Trinajstić information content (AvgIpc) is 2.69. The first-order valence-electron chi connectivity index (χ1n) is 8.64. The highest BCUT2D eigenvalue weighted by Gasteiger charge is 2.42. The molecule has 11 heteroatoms. The fraction of sp³-hybridized carbons (Fsp3) is 0.143. The summed E-state index contributed by atoms with van der Waals surface area (Å²) < 4.78 is 112. The van der Waals surface area contributed by atoms with Crippen molar-refractivity contribution in [3.63, 3.8) is 0 Å². The fourth-order valence-electron chi connectivity index (χ4n) is 2.97. The van der Waals surface area contributed by atoms with Crippen LogP contribution < -0.4 is 14.2 Å². The Kier molecular flexibility index (Phi) is 6.11. The van der Waals surface area contributed by atoms with Crippen LogP contribution in [0.15, 0.2) is 36.4 Å². The molecule has 3 aromatic rings. The van der Waals surface area contributed by atoms with E-state index >= 15 is 0 Å². The van der Waals surface area contributed by atoms with Gasteiger partial charge in [-0.05, 0) is 17.7 Å². The van der Waals surface area contributed by atoms with E-state index in [4.69, 9.17) is 9.47 Å². The van der Waals surface area contributed by atoms with Crippen LogP contribution in [0.3, 0.4) is 0 Å². The predicted octanol–water partition coefficient (Wildman–Crippen LogP) is 5.90. The molecular weight excluding hydrogens is 449 g/mol. The molecule has 0 saturated heterocycles. The first-order chi connectivity index (χ1) is 15.0. The molecular formula is C21H13F7O4. The highest BCUT2D eigenvalue weighted by atomic mass is 19.3. The van der Waals surface area contributed by atoms with E-state index < -0.39 is 46.5 Å². The Morgan fingerprint density at radius 2 is 1.19 bits per heavy atom. The first kappa shape index (κ1) is 23.0. The molecule has 4 nitrogen and oxygen atoms in total. The van der Waals surface area contributed by atoms with Crippen LogP contribution in [0.2, 0.25) is 0 Å². The molecule has 3 rings (SSSR count). The molecule has 0 saturated carbocycles. The van der Waals surface area contributed by atoms with Gasteiger partial charge < -0.3 is 19.3 Å². The Bertz CT molecular complexity index is 1110. The van der Waals surface area contributed by atoms with Gasteiger partial charge in [0.15, 0.2) is 17.5 Å². The van der Waals surface area contributed by atoms with Crippen molar-refractivity contribution in [2.45, 2.75) is 6.11 Å². The molecule has 3 aromatic carbocycles. The van der Waals surface area contributed by atoms with Gasteiger partial charge in [-0.25, -0.2) is 22.0 Å². The van der Waals surface area contributed by atoms with E-state index in [0.29, 0.717) is 12.1 Å². The molecule has 1 N–H and O–H groups in total. The molecule has 0 amide bonds. The van der Waals surface area contributed by atoms with Crippen LogP contribution in [-0.2, 0) is 6.11 Å². The van der Waals surface area contributed by atoms with Crippen LogP contribution >= 0.6 is 0 Å². The van der Waals surface area contributed by atoms with Crippen molar-refractivity contribution >= 4 is 0 Å². The van der Waals surface area contributed by atoms with Crippen molar-refractivity contribution < 1.29 is 50.1 Å². The van der Waals surface area contributed by atoms with E-state index in [-0.39, 0.29) is 40.5 Å². The molecule has 0 unspecified atom stereocenters. The summed E-state index contributed by atoms with van der Waals surface area (Å²) in [6, 6.07) is 3.47. The lowest BCUT2D eigenvalue weighted by molar-refractivity contribution is -0.189. The Morgan fingerprint density at radius 3 is 1.62 bits per heavy atom. The molecule has 0 radical (unpaired) electrons. The van der Waals surface area contributed by atoms with Crippen LogP contribution in [0.25, 0.3) is 11.1 Å². The van der Waals surface area contributed by atoms with E-state index in [1.165, 1.54) is 14.2 Å².